The van der Waals surface area contributed by atoms with Crippen LogP contribution in [0.2, 0.25) is 0 Å². The summed E-state index contributed by atoms with van der Waals surface area (Å²) in [6.45, 7) is 0. The van der Waals surface area contributed by atoms with E-state index in [-0.39, 0.29) is 5.91 Å². The maximum Gasteiger partial charge on any atom is 0.337 e. The van der Waals surface area contributed by atoms with E-state index in [1.807, 2.05) is 18.2 Å². The highest BCUT2D eigenvalue weighted by atomic mass is 32.2. The van der Waals surface area contributed by atoms with Gasteiger partial charge in [0.15, 0.2) is 8.29 Å². The number of nitrogens with zero attached hydrogens (tertiary/aromatic N) is 2. The molecule has 166 valence electrons. The third-order valence-corrected chi connectivity index (χ3v) is 7.09. The molecule has 0 spiro atoms. The molecule has 4 rings (SSSR count). The second-order valence-corrected chi connectivity index (χ2v) is 9.74. The van der Waals surface area contributed by atoms with E-state index >= 15 is 0 Å². The van der Waals surface area contributed by atoms with Crippen LogP contribution in [0.4, 0.5) is 5.69 Å². The molecule has 4 aromatic rings. The lowest BCUT2D eigenvalue weighted by molar-refractivity contribution is 0.0600. The molecule has 0 aliphatic rings. The number of ether oxygens (including phenoxy) is 1. The molecule has 0 aliphatic heterocycles. The molecular weight excluding hydrogens is 474 g/mol. The summed E-state index contributed by atoms with van der Waals surface area (Å²) in [4.78, 5) is 24.3. The summed E-state index contributed by atoms with van der Waals surface area (Å²) in [5.41, 5.74) is 3.36. The highest BCUT2D eigenvalue weighted by Crippen LogP contribution is 2.27. The Labute approximate surface area is 204 Å². The number of hydrogen-bond acceptors (Lipinski definition) is 7. The summed E-state index contributed by atoms with van der Waals surface area (Å²) in [6.07, 6.45) is 0. The van der Waals surface area contributed by atoms with Crippen molar-refractivity contribution in [1.29, 1.82) is 0 Å². The van der Waals surface area contributed by atoms with E-state index in [4.69, 9.17) is 17.0 Å². The quantitative estimate of drug-likeness (QED) is 0.194. The Bertz CT molecular complexity index is 1330. The maximum absolute atomic E-state index is 12.6. The fourth-order valence-corrected chi connectivity index (χ4v) is 5.32. The van der Waals surface area contributed by atoms with Gasteiger partial charge in [-0.2, -0.15) is 0 Å². The summed E-state index contributed by atoms with van der Waals surface area (Å²) in [5.74, 6) is 0.0701. The largest absolute Gasteiger partial charge is 0.465 e. The second kappa shape index (κ2) is 10.6. The zero-order valence-corrected chi connectivity index (χ0v) is 20.0. The van der Waals surface area contributed by atoms with Crippen LogP contribution >= 0.6 is 35.3 Å². The SMILES string of the molecule is COC(=O)c1cccc(NC(=O)c2ccc(-n3nc(SCc4ccccc4)sc3=S)cc2)c1. The molecule has 0 atom stereocenters. The van der Waals surface area contributed by atoms with Gasteiger partial charge in [-0.25, -0.2) is 9.48 Å². The Morgan fingerprint density at radius 1 is 1.03 bits per heavy atom. The summed E-state index contributed by atoms with van der Waals surface area (Å²) in [5, 5.41) is 7.41. The van der Waals surface area contributed by atoms with Crippen LogP contribution in [-0.4, -0.2) is 28.8 Å². The van der Waals surface area contributed by atoms with Crippen LogP contribution in [0, 0.1) is 3.95 Å². The molecule has 0 radical (unpaired) electrons. The number of anilines is 1. The fraction of sp³-hybridized carbons (Fsp3) is 0.0833. The van der Waals surface area contributed by atoms with Gasteiger partial charge in [-0.05, 0) is 60.2 Å². The van der Waals surface area contributed by atoms with E-state index in [1.54, 1.807) is 65.0 Å². The van der Waals surface area contributed by atoms with Crippen molar-refractivity contribution in [3.05, 3.63) is 99.5 Å². The maximum atomic E-state index is 12.6. The van der Waals surface area contributed by atoms with Crippen molar-refractivity contribution in [3.8, 4) is 5.69 Å². The number of amides is 1. The van der Waals surface area contributed by atoms with Gasteiger partial charge in [0.25, 0.3) is 5.91 Å². The van der Waals surface area contributed by atoms with Gasteiger partial charge in [0.05, 0.1) is 18.4 Å². The third-order valence-electron chi connectivity index (χ3n) is 4.65. The molecule has 33 heavy (non-hydrogen) atoms. The first-order chi connectivity index (χ1) is 16.0. The van der Waals surface area contributed by atoms with Crippen molar-refractivity contribution in [2.45, 2.75) is 10.1 Å². The standard InChI is InChI=1S/C24H19N3O3S3/c1-30-22(29)18-8-5-9-19(14-18)25-21(28)17-10-12-20(13-11-17)27-24(31)33-23(26-27)32-15-16-6-3-2-4-7-16/h2-14H,15H2,1H3,(H,25,28). The predicted octanol–water partition coefficient (Wildman–Crippen LogP) is 5.99. The van der Waals surface area contributed by atoms with Crippen molar-refractivity contribution < 1.29 is 14.3 Å². The molecule has 0 saturated carbocycles. The van der Waals surface area contributed by atoms with Crippen LogP contribution in [-0.2, 0) is 10.5 Å². The van der Waals surface area contributed by atoms with Gasteiger partial charge >= 0.3 is 5.97 Å². The molecule has 0 fully saturated rings. The van der Waals surface area contributed by atoms with Crippen molar-refractivity contribution in [2.24, 2.45) is 0 Å². The monoisotopic (exact) mass is 493 g/mol. The normalized spacial score (nSPS) is 10.6. The van der Waals surface area contributed by atoms with Crippen LogP contribution in [0.25, 0.3) is 5.69 Å². The summed E-state index contributed by atoms with van der Waals surface area (Å²) >= 11 is 8.59. The van der Waals surface area contributed by atoms with Gasteiger partial charge in [0.1, 0.15) is 0 Å². The predicted molar refractivity (Wildman–Crippen MR) is 134 cm³/mol. The number of aromatic nitrogens is 2. The number of carbonyl (C=O) groups is 2. The van der Waals surface area contributed by atoms with Crippen LogP contribution < -0.4 is 5.32 Å². The Balaban J connectivity index is 1.44. The van der Waals surface area contributed by atoms with E-state index in [2.05, 4.69) is 22.5 Å². The average Bonchev–Trinajstić information content (AvgIpc) is 3.23. The first-order valence-electron chi connectivity index (χ1n) is 9.90. The Morgan fingerprint density at radius 2 is 1.79 bits per heavy atom. The Kier molecular flexibility index (Phi) is 7.33. The average molecular weight is 494 g/mol. The fourth-order valence-electron chi connectivity index (χ4n) is 3.00. The smallest absolute Gasteiger partial charge is 0.337 e. The van der Waals surface area contributed by atoms with Crippen LogP contribution in [0.1, 0.15) is 26.3 Å². The van der Waals surface area contributed by atoms with Gasteiger partial charge in [0.2, 0.25) is 0 Å². The van der Waals surface area contributed by atoms with Gasteiger partial charge in [-0.15, -0.1) is 5.10 Å². The lowest BCUT2D eigenvalue weighted by Gasteiger charge is -2.08. The van der Waals surface area contributed by atoms with Crippen molar-refractivity contribution >= 4 is 52.9 Å². The van der Waals surface area contributed by atoms with Gasteiger partial charge in [0, 0.05) is 17.0 Å². The number of methoxy groups -OCH3 is 1. The molecule has 0 bridgehead atoms. The molecule has 1 heterocycles. The number of esters is 1. The molecule has 1 amide bonds. The molecule has 9 heteroatoms. The van der Waals surface area contributed by atoms with Gasteiger partial charge < -0.3 is 10.1 Å². The zero-order valence-electron chi connectivity index (χ0n) is 17.6. The van der Waals surface area contributed by atoms with Crippen LogP contribution in [0.15, 0.2) is 83.2 Å². The molecule has 6 nitrogen and oxygen atoms in total. The number of carbonyl (C=O) groups excluding carboxylic acids is 2. The number of hydrogen-bond donors (Lipinski definition) is 1. The lowest BCUT2D eigenvalue weighted by Crippen LogP contribution is -2.12. The summed E-state index contributed by atoms with van der Waals surface area (Å²) in [6, 6.07) is 23.8. The second-order valence-electron chi connectivity index (χ2n) is 6.89. The Hall–Kier alpha value is -3.27. The zero-order chi connectivity index (χ0) is 23.2. The third kappa shape index (κ3) is 5.75. The molecule has 1 N–H and O–H groups in total. The lowest BCUT2D eigenvalue weighted by atomic mass is 10.1. The highest BCUT2D eigenvalue weighted by Gasteiger charge is 2.11. The molecule has 0 unspecified atom stereocenters. The van der Waals surface area contributed by atoms with E-state index in [1.165, 1.54) is 24.0 Å². The minimum Gasteiger partial charge on any atom is -0.465 e. The molecule has 3 aromatic carbocycles. The van der Waals surface area contributed by atoms with Crippen molar-refractivity contribution in [2.75, 3.05) is 12.4 Å². The summed E-state index contributed by atoms with van der Waals surface area (Å²) in [7, 11) is 1.31. The van der Waals surface area contributed by atoms with E-state index in [0.717, 1.165) is 15.8 Å². The van der Waals surface area contributed by atoms with Crippen LogP contribution in [0.5, 0.6) is 0 Å². The molecule has 1 aromatic heterocycles. The minimum absolute atomic E-state index is 0.287. The molecule has 0 aliphatic carbocycles. The number of nitrogens with one attached hydrogen (secondary N) is 1. The van der Waals surface area contributed by atoms with Gasteiger partial charge in [-0.1, -0.05) is 59.5 Å². The van der Waals surface area contributed by atoms with Crippen molar-refractivity contribution in [3.63, 3.8) is 0 Å². The first-order valence-corrected chi connectivity index (χ1v) is 12.1. The Morgan fingerprint density at radius 3 is 2.52 bits per heavy atom. The van der Waals surface area contributed by atoms with E-state index < -0.39 is 5.97 Å². The van der Waals surface area contributed by atoms with Crippen molar-refractivity contribution in [1.82, 2.24) is 9.78 Å². The number of benzene rings is 3. The van der Waals surface area contributed by atoms with E-state index in [0.29, 0.717) is 20.8 Å². The van der Waals surface area contributed by atoms with Crippen LogP contribution in [0.3, 0.4) is 0 Å². The summed E-state index contributed by atoms with van der Waals surface area (Å²) < 4.78 is 7.95. The first kappa shape index (κ1) is 22.9. The number of rotatable bonds is 7. The van der Waals surface area contributed by atoms with E-state index in [9.17, 15) is 9.59 Å². The molecular formula is C24H19N3O3S3. The minimum atomic E-state index is -0.461. The van der Waals surface area contributed by atoms with Gasteiger partial charge in [-0.3, -0.25) is 4.79 Å². The molecule has 0 saturated heterocycles. The number of thioether (sulfide) groups is 1. The topological polar surface area (TPSA) is 73.2 Å². The highest BCUT2D eigenvalue weighted by molar-refractivity contribution is 8.00.